The molecule has 0 aliphatic carbocycles. The van der Waals surface area contributed by atoms with Crippen LogP contribution >= 0.6 is 11.6 Å². The Morgan fingerprint density at radius 1 is 0.966 bits per heavy atom. The summed E-state index contributed by atoms with van der Waals surface area (Å²) in [5, 5.41) is 3.37. The number of carbonyl (C=O) groups is 2. The Hall–Kier alpha value is -3.31. The number of ether oxygens (including phenoxy) is 1. The largest absolute Gasteiger partial charge is 0.483 e. The number of nitrogens with one attached hydrogen (secondary N) is 1. The summed E-state index contributed by atoms with van der Waals surface area (Å²) >= 11 is 5.89. The van der Waals surface area contributed by atoms with Crippen LogP contribution < -0.4 is 15.8 Å². The van der Waals surface area contributed by atoms with E-state index in [0.29, 0.717) is 11.4 Å². The standard InChI is InChI=1S/C23H21ClN2O3/c24-18-11-12-21(19(14-18)23(25)28)29-15-22(27)26-20(17-9-5-2-6-10-17)13-16-7-3-1-4-8-16/h1-12,14,20H,13,15H2,(H2,25,28)(H,26,27). The van der Waals surface area contributed by atoms with Crippen LogP contribution in [0.2, 0.25) is 5.02 Å². The first-order chi connectivity index (χ1) is 14.0. The number of amides is 2. The van der Waals surface area contributed by atoms with Crippen LogP contribution in [0.3, 0.4) is 0 Å². The molecule has 0 heterocycles. The van der Waals surface area contributed by atoms with E-state index in [2.05, 4.69) is 5.32 Å². The van der Waals surface area contributed by atoms with E-state index in [-0.39, 0.29) is 29.9 Å². The summed E-state index contributed by atoms with van der Waals surface area (Å²) in [7, 11) is 0. The normalized spacial score (nSPS) is 11.5. The van der Waals surface area contributed by atoms with E-state index >= 15 is 0 Å². The molecule has 0 saturated heterocycles. The molecular weight excluding hydrogens is 388 g/mol. The summed E-state index contributed by atoms with van der Waals surface area (Å²) in [5.74, 6) is -0.759. The summed E-state index contributed by atoms with van der Waals surface area (Å²) in [6.45, 7) is -0.250. The average Bonchev–Trinajstić information content (AvgIpc) is 2.73. The van der Waals surface area contributed by atoms with Gasteiger partial charge in [0.2, 0.25) is 0 Å². The van der Waals surface area contributed by atoms with E-state index in [0.717, 1.165) is 11.1 Å². The molecule has 0 radical (unpaired) electrons. The van der Waals surface area contributed by atoms with Gasteiger partial charge in [0, 0.05) is 5.02 Å². The Labute approximate surface area is 174 Å². The van der Waals surface area contributed by atoms with Crippen LogP contribution in [0.25, 0.3) is 0 Å². The maximum absolute atomic E-state index is 12.6. The molecule has 0 saturated carbocycles. The van der Waals surface area contributed by atoms with Crippen molar-refractivity contribution in [2.45, 2.75) is 12.5 Å². The number of benzene rings is 3. The minimum absolute atomic E-state index is 0.134. The second-order valence-corrected chi connectivity index (χ2v) is 6.95. The maximum Gasteiger partial charge on any atom is 0.258 e. The Balaban J connectivity index is 1.70. The van der Waals surface area contributed by atoms with Gasteiger partial charge in [0.15, 0.2) is 6.61 Å². The highest BCUT2D eigenvalue weighted by Crippen LogP contribution is 2.23. The van der Waals surface area contributed by atoms with E-state index < -0.39 is 5.91 Å². The lowest BCUT2D eigenvalue weighted by Gasteiger charge is -2.20. The van der Waals surface area contributed by atoms with Gasteiger partial charge in [-0.1, -0.05) is 72.3 Å². The van der Waals surface area contributed by atoms with Crippen LogP contribution in [0.5, 0.6) is 5.75 Å². The van der Waals surface area contributed by atoms with Crippen LogP contribution in [-0.4, -0.2) is 18.4 Å². The summed E-state index contributed by atoms with van der Waals surface area (Å²) < 4.78 is 5.53. The highest BCUT2D eigenvalue weighted by molar-refractivity contribution is 6.31. The third kappa shape index (κ3) is 5.83. The fourth-order valence-corrected chi connectivity index (χ4v) is 3.16. The highest BCUT2D eigenvalue weighted by Gasteiger charge is 2.17. The van der Waals surface area contributed by atoms with E-state index in [9.17, 15) is 9.59 Å². The smallest absolute Gasteiger partial charge is 0.258 e. The second kappa shape index (κ2) is 9.75. The number of nitrogens with two attached hydrogens (primary N) is 1. The van der Waals surface area contributed by atoms with Gasteiger partial charge in [-0.15, -0.1) is 0 Å². The molecule has 3 rings (SSSR count). The van der Waals surface area contributed by atoms with Crippen LogP contribution in [0.1, 0.15) is 27.5 Å². The Bertz CT molecular complexity index is 978. The molecule has 3 aromatic rings. The Morgan fingerprint density at radius 3 is 2.28 bits per heavy atom. The third-order valence-electron chi connectivity index (χ3n) is 4.39. The van der Waals surface area contributed by atoms with Gasteiger partial charge in [-0.3, -0.25) is 9.59 Å². The zero-order valence-electron chi connectivity index (χ0n) is 15.7. The Morgan fingerprint density at radius 2 is 1.62 bits per heavy atom. The lowest BCUT2D eigenvalue weighted by atomic mass is 9.99. The van der Waals surface area contributed by atoms with E-state index in [1.807, 2.05) is 60.7 Å². The van der Waals surface area contributed by atoms with Crippen molar-refractivity contribution in [3.05, 3.63) is 101 Å². The molecule has 0 aliphatic rings. The maximum atomic E-state index is 12.6. The second-order valence-electron chi connectivity index (χ2n) is 6.51. The average molecular weight is 409 g/mol. The molecule has 1 unspecified atom stereocenters. The summed E-state index contributed by atoms with van der Waals surface area (Å²) in [5.41, 5.74) is 7.59. The molecule has 0 aromatic heterocycles. The molecule has 3 N–H and O–H groups in total. The topological polar surface area (TPSA) is 81.4 Å². The highest BCUT2D eigenvalue weighted by atomic mass is 35.5. The third-order valence-corrected chi connectivity index (χ3v) is 4.62. The molecule has 0 bridgehead atoms. The summed E-state index contributed by atoms with van der Waals surface area (Å²) in [6, 6.07) is 24.0. The van der Waals surface area contributed by atoms with Crippen LogP contribution in [-0.2, 0) is 11.2 Å². The number of primary amides is 1. The zero-order chi connectivity index (χ0) is 20.6. The molecule has 0 fully saturated rings. The number of halogens is 1. The van der Waals surface area contributed by atoms with Gasteiger partial charge in [-0.05, 0) is 35.7 Å². The first-order valence-electron chi connectivity index (χ1n) is 9.13. The predicted octanol–water partition coefficient (Wildman–Crippen LogP) is 3.92. The van der Waals surface area contributed by atoms with Gasteiger partial charge in [0.1, 0.15) is 5.75 Å². The van der Waals surface area contributed by atoms with Crippen molar-refractivity contribution in [2.75, 3.05) is 6.61 Å². The monoisotopic (exact) mass is 408 g/mol. The number of rotatable bonds is 8. The molecule has 6 heteroatoms. The van der Waals surface area contributed by atoms with E-state index in [1.54, 1.807) is 6.07 Å². The molecule has 2 amide bonds. The van der Waals surface area contributed by atoms with Crippen LogP contribution in [0.15, 0.2) is 78.9 Å². The summed E-state index contributed by atoms with van der Waals surface area (Å²) in [6.07, 6.45) is 0.643. The fraction of sp³-hybridized carbons (Fsp3) is 0.130. The van der Waals surface area contributed by atoms with Gasteiger partial charge in [0.25, 0.3) is 11.8 Å². The van der Waals surface area contributed by atoms with Crippen molar-refractivity contribution < 1.29 is 14.3 Å². The number of hydrogen-bond donors (Lipinski definition) is 2. The molecule has 0 aliphatic heterocycles. The lowest BCUT2D eigenvalue weighted by molar-refractivity contribution is -0.123. The first kappa shape index (κ1) is 20.4. The predicted molar refractivity (Wildman–Crippen MR) is 113 cm³/mol. The van der Waals surface area contributed by atoms with E-state index in [1.165, 1.54) is 12.1 Å². The van der Waals surface area contributed by atoms with Crippen molar-refractivity contribution in [1.29, 1.82) is 0 Å². The summed E-state index contributed by atoms with van der Waals surface area (Å²) in [4.78, 5) is 24.1. The SMILES string of the molecule is NC(=O)c1cc(Cl)ccc1OCC(=O)NC(Cc1ccccc1)c1ccccc1. The molecule has 5 nitrogen and oxygen atoms in total. The fourth-order valence-electron chi connectivity index (χ4n) is 2.99. The van der Waals surface area contributed by atoms with Crippen LogP contribution in [0.4, 0.5) is 0 Å². The number of carbonyl (C=O) groups excluding carboxylic acids is 2. The molecule has 148 valence electrons. The van der Waals surface area contributed by atoms with Gasteiger partial charge in [0.05, 0.1) is 11.6 Å². The molecule has 0 spiro atoms. The van der Waals surface area contributed by atoms with Crippen molar-refractivity contribution in [3.8, 4) is 5.75 Å². The molecular formula is C23H21ClN2O3. The van der Waals surface area contributed by atoms with Crippen molar-refractivity contribution in [2.24, 2.45) is 5.73 Å². The van der Waals surface area contributed by atoms with Crippen molar-refractivity contribution >= 4 is 23.4 Å². The van der Waals surface area contributed by atoms with E-state index in [4.69, 9.17) is 22.1 Å². The Kier molecular flexibility index (Phi) is 6.87. The van der Waals surface area contributed by atoms with Crippen molar-refractivity contribution in [1.82, 2.24) is 5.32 Å². The van der Waals surface area contributed by atoms with Gasteiger partial charge >= 0.3 is 0 Å². The number of hydrogen-bond acceptors (Lipinski definition) is 3. The molecule has 3 aromatic carbocycles. The quantitative estimate of drug-likeness (QED) is 0.592. The zero-order valence-corrected chi connectivity index (χ0v) is 16.4. The molecule has 1 atom stereocenters. The molecule has 29 heavy (non-hydrogen) atoms. The van der Waals surface area contributed by atoms with Gasteiger partial charge in [-0.2, -0.15) is 0 Å². The van der Waals surface area contributed by atoms with Gasteiger partial charge in [-0.25, -0.2) is 0 Å². The minimum atomic E-state index is -0.672. The first-order valence-corrected chi connectivity index (χ1v) is 9.51. The van der Waals surface area contributed by atoms with Crippen LogP contribution in [0, 0.1) is 0 Å². The van der Waals surface area contributed by atoms with Gasteiger partial charge < -0.3 is 15.8 Å². The minimum Gasteiger partial charge on any atom is -0.483 e. The lowest BCUT2D eigenvalue weighted by Crippen LogP contribution is -2.34. The van der Waals surface area contributed by atoms with Crippen molar-refractivity contribution in [3.63, 3.8) is 0 Å².